The average Bonchev–Trinajstić information content (AvgIpc) is 2.48. The van der Waals surface area contributed by atoms with Gasteiger partial charge in [-0.3, -0.25) is 4.90 Å². The van der Waals surface area contributed by atoms with Crippen LogP contribution in [-0.2, 0) is 0 Å². The molecular weight excluding hydrogens is 264 g/mol. The minimum absolute atomic E-state index is 0.0438. The molecule has 4 heteroatoms. The monoisotopic (exact) mass is 294 g/mol. The van der Waals surface area contributed by atoms with Crippen LogP contribution in [0.5, 0.6) is 11.5 Å². The third kappa shape index (κ3) is 3.69. The van der Waals surface area contributed by atoms with Crippen molar-refractivity contribution >= 4 is 0 Å². The Labute approximate surface area is 129 Å². The van der Waals surface area contributed by atoms with Crippen molar-refractivity contribution in [2.45, 2.75) is 39.3 Å². The van der Waals surface area contributed by atoms with Gasteiger partial charge in [-0.15, -0.1) is 0 Å². The number of benzene rings is 1. The van der Waals surface area contributed by atoms with E-state index in [1.165, 1.54) is 0 Å². The van der Waals surface area contributed by atoms with Gasteiger partial charge in [-0.1, -0.05) is 13.8 Å². The smallest absolute Gasteiger partial charge is 0.123 e. The molecule has 1 rings (SSSR count). The summed E-state index contributed by atoms with van der Waals surface area (Å²) >= 11 is 0. The molecule has 0 radical (unpaired) electrons. The van der Waals surface area contributed by atoms with E-state index >= 15 is 0 Å². The number of nitrogens with one attached hydrogen (secondary N) is 1. The van der Waals surface area contributed by atoms with Crippen molar-refractivity contribution in [3.63, 3.8) is 0 Å². The number of likely N-dealkylation sites (N-methyl/N-ethyl adjacent to an activating group) is 2. The predicted octanol–water partition coefficient (Wildman–Crippen LogP) is 3.08. The van der Waals surface area contributed by atoms with Crippen LogP contribution >= 0.6 is 0 Å². The molecule has 1 N–H and O–H groups in total. The first-order valence-corrected chi connectivity index (χ1v) is 7.60. The van der Waals surface area contributed by atoms with Gasteiger partial charge in [0, 0.05) is 11.1 Å². The number of ether oxygens (including phenoxy) is 2. The van der Waals surface area contributed by atoms with Crippen LogP contribution in [0.4, 0.5) is 0 Å². The number of nitrogens with zero attached hydrogens (tertiary/aromatic N) is 1. The zero-order valence-electron chi connectivity index (χ0n) is 14.5. The van der Waals surface area contributed by atoms with Gasteiger partial charge in [0.15, 0.2) is 0 Å². The van der Waals surface area contributed by atoms with Gasteiger partial charge in [-0.2, -0.15) is 0 Å². The van der Waals surface area contributed by atoms with Crippen molar-refractivity contribution in [1.82, 2.24) is 10.2 Å². The number of methoxy groups -OCH3 is 2. The summed E-state index contributed by atoms with van der Waals surface area (Å²) in [7, 11) is 5.40. The van der Waals surface area contributed by atoms with Gasteiger partial charge in [0.2, 0.25) is 0 Å². The Morgan fingerprint density at radius 2 is 1.76 bits per heavy atom. The normalized spacial score (nSPS) is 13.3. The third-order valence-corrected chi connectivity index (χ3v) is 4.32. The lowest BCUT2D eigenvalue weighted by molar-refractivity contribution is 0.0932. The number of rotatable bonds is 8. The lowest BCUT2D eigenvalue weighted by Crippen LogP contribution is -2.52. The van der Waals surface area contributed by atoms with Crippen molar-refractivity contribution in [3.8, 4) is 11.5 Å². The molecule has 1 atom stereocenters. The van der Waals surface area contributed by atoms with Crippen LogP contribution in [0.3, 0.4) is 0 Å². The van der Waals surface area contributed by atoms with Crippen LogP contribution in [0.15, 0.2) is 18.2 Å². The van der Waals surface area contributed by atoms with Crippen molar-refractivity contribution < 1.29 is 9.47 Å². The van der Waals surface area contributed by atoms with Crippen LogP contribution < -0.4 is 14.8 Å². The van der Waals surface area contributed by atoms with E-state index in [2.05, 4.69) is 44.0 Å². The summed E-state index contributed by atoms with van der Waals surface area (Å²) in [4.78, 5) is 2.45. The Morgan fingerprint density at radius 3 is 2.19 bits per heavy atom. The summed E-state index contributed by atoms with van der Waals surface area (Å²) in [6.07, 6.45) is 0. The lowest BCUT2D eigenvalue weighted by Gasteiger charge is -2.44. The van der Waals surface area contributed by atoms with Crippen molar-refractivity contribution in [3.05, 3.63) is 23.8 Å². The van der Waals surface area contributed by atoms with E-state index in [1.807, 2.05) is 19.2 Å². The summed E-state index contributed by atoms with van der Waals surface area (Å²) in [6, 6.07) is 6.10. The summed E-state index contributed by atoms with van der Waals surface area (Å²) < 4.78 is 10.9. The van der Waals surface area contributed by atoms with E-state index in [0.717, 1.165) is 30.2 Å². The Bertz CT molecular complexity index is 442. The topological polar surface area (TPSA) is 33.7 Å². The zero-order chi connectivity index (χ0) is 16.0. The molecule has 1 unspecified atom stereocenters. The van der Waals surface area contributed by atoms with E-state index in [0.29, 0.717) is 0 Å². The highest BCUT2D eigenvalue weighted by atomic mass is 16.5. The molecule has 0 spiro atoms. The van der Waals surface area contributed by atoms with E-state index in [1.54, 1.807) is 14.2 Å². The molecule has 21 heavy (non-hydrogen) atoms. The van der Waals surface area contributed by atoms with E-state index in [-0.39, 0.29) is 11.6 Å². The lowest BCUT2D eigenvalue weighted by atomic mass is 9.86. The van der Waals surface area contributed by atoms with Crippen LogP contribution in [0.25, 0.3) is 0 Å². The summed E-state index contributed by atoms with van der Waals surface area (Å²) in [5.74, 6) is 1.73. The van der Waals surface area contributed by atoms with Gasteiger partial charge < -0.3 is 14.8 Å². The molecule has 0 fully saturated rings. The molecule has 1 aromatic rings. The van der Waals surface area contributed by atoms with Crippen molar-refractivity contribution in [2.75, 3.05) is 34.4 Å². The molecule has 0 saturated carbocycles. The fraction of sp³-hybridized carbons (Fsp3) is 0.647. The molecule has 0 aliphatic rings. The van der Waals surface area contributed by atoms with Gasteiger partial charge in [0.25, 0.3) is 0 Å². The molecule has 0 bridgehead atoms. The highest BCUT2D eigenvalue weighted by Crippen LogP contribution is 2.37. The molecule has 1 aromatic carbocycles. The molecule has 120 valence electrons. The van der Waals surface area contributed by atoms with E-state index in [4.69, 9.17) is 9.47 Å². The average molecular weight is 294 g/mol. The Morgan fingerprint density at radius 1 is 1.14 bits per heavy atom. The van der Waals surface area contributed by atoms with Crippen LogP contribution in [-0.4, -0.2) is 44.8 Å². The highest BCUT2D eigenvalue weighted by Gasteiger charge is 2.35. The maximum Gasteiger partial charge on any atom is 0.123 e. The maximum absolute atomic E-state index is 5.56. The van der Waals surface area contributed by atoms with Crippen LogP contribution in [0.2, 0.25) is 0 Å². The highest BCUT2D eigenvalue weighted by molar-refractivity contribution is 5.43. The second-order valence-corrected chi connectivity index (χ2v) is 5.66. The number of hydrogen-bond donors (Lipinski definition) is 1. The summed E-state index contributed by atoms with van der Waals surface area (Å²) in [5.41, 5.74) is 1.08. The molecule has 0 aliphatic heterocycles. The molecule has 0 heterocycles. The van der Waals surface area contributed by atoms with Gasteiger partial charge in [0.05, 0.1) is 20.3 Å². The second kappa shape index (κ2) is 7.66. The molecular formula is C17H30N2O2. The fourth-order valence-corrected chi connectivity index (χ4v) is 3.18. The minimum atomic E-state index is -0.0438. The van der Waals surface area contributed by atoms with Crippen LogP contribution in [0.1, 0.15) is 39.3 Å². The van der Waals surface area contributed by atoms with E-state index in [9.17, 15) is 0 Å². The van der Waals surface area contributed by atoms with Gasteiger partial charge >= 0.3 is 0 Å². The Hall–Kier alpha value is -1.26. The maximum atomic E-state index is 5.56. The largest absolute Gasteiger partial charge is 0.497 e. The zero-order valence-corrected chi connectivity index (χ0v) is 14.5. The first-order chi connectivity index (χ1) is 9.95. The van der Waals surface area contributed by atoms with E-state index < -0.39 is 0 Å². The Balaban J connectivity index is 3.31. The predicted molar refractivity (Wildman–Crippen MR) is 88.3 cm³/mol. The number of hydrogen-bond acceptors (Lipinski definition) is 4. The molecule has 0 aliphatic carbocycles. The molecule has 0 saturated heterocycles. The Kier molecular flexibility index (Phi) is 6.49. The summed E-state index contributed by atoms with van der Waals surface area (Å²) in [5, 5.41) is 3.46. The quantitative estimate of drug-likeness (QED) is 0.799. The van der Waals surface area contributed by atoms with Crippen molar-refractivity contribution in [2.24, 2.45) is 0 Å². The third-order valence-electron chi connectivity index (χ3n) is 4.32. The molecule has 4 nitrogen and oxygen atoms in total. The summed E-state index contributed by atoms with van der Waals surface area (Å²) in [6.45, 7) is 10.9. The second-order valence-electron chi connectivity index (χ2n) is 5.66. The van der Waals surface area contributed by atoms with Gasteiger partial charge in [0.1, 0.15) is 11.5 Å². The van der Waals surface area contributed by atoms with Crippen LogP contribution in [0, 0.1) is 0 Å². The minimum Gasteiger partial charge on any atom is -0.497 e. The first-order valence-electron chi connectivity index (χ1n) is 7.60. The molecule has 0 aromatic heterocycles. The molecule has 0 amide bonds. The fourth-order valence-electron chi connectivity index (χ4n) is 3.18. The van der Waals surface area contributed by atoms with Gasteiger partial charge in [-0.05, 0) is 52.2 Å². The van der Waals surface area contributed by atoms with Gasteiger partial charge in [-0.25, -0.2) is 0 Å². The first kappa shape index (κ1) is 17.8. The standard InChI is InChI=1S/C17H30N2O2/c1-8-19(9-2)17(3,4)16(18-5)14-12-13(20-6)10-11-15(14)21-7/h10-12,16,18H,8-9H2,1-7H3. The SMILES string of the molecule is CCN(CC)C(C)(C)C(NC)c1cc(OC)ccc1OC. The van der Waals surface area contributed by atoms with Crippen molar-refractivity contribution in [1.29, 1.82) is 0 Å².